The molecule has 2 aromatic rings. The van der Waals surface area contributed by atoms with Crippen LogP contribution in [-0.4, -0.2) is 16.7 Å². The Kier molecular flexibility index (Phi) is 4.06. The van der Waals surface area contributed by atoms with Gasteiger partial charge in [-0.15, -0.1) is 0 Å². The van der Waals surface area contributed by atoms with Crippen LogP contribution in [0.3, 0.4) is 0 Å². The average molecular weight is 285 g/mol. The van der Waals surface area contributed by atoms with Crippen molar-refractivity contribution in [2.75, 3.05) is 6.54 Å². The highest BCUT2D eigenvalue weighted by Gasteiger charge is 2.44. The van der Waals surface area contributed by atoms with Crippen LogP contribution in [0.5, 0.6) is 0 Å². The third-order valence-corrected chi connectivity index (χ3v) is 4.67. The van der Waals surface area contributed by atoms with Crippen molar-refractivity contribution in [2.45, 2.75) is 50.4 Å². The molecule has 2 N–H and O–H groups in total. The lowest BCUT2D eigenvalue weighted by molar-refractivity contribution is 0.269. The van der Waals surface area contributed by atoms with Crippen LogP contribution in [0.25, 0.3) is 0 Å². The molecular formula is C17H23N3O. The van der Waals surface area contributed by atoms with Crippen LogP contribution in [0.2, 0.25) is 0 Å². The molecule has 4 nitrogen and oxygen atoms in total. The molecule has 1 aliphatic carbocycles. The van der Waals surface area contributed by atoms with Gasteiger partial charge >= 0.3 is 0 Å². The van der Waals surface area contributed by atoms with Crippen molar-refractivity contribution in [3.8, 4) is 0 Å². The maximum atomic E-state index is 5.84. The molecule has 1 aromatic carbocycles. The van der Waals surface area contributed by atoms with Crippen LogP contribution in [0, 0.1) is 0 Å². The molecule has 1 heterocycles. The van der Waals surface area contributed by atoms with E-state index < -0.39 is 0 Å². The number of aromatic nitrogens is 2. The summed E-state index contributed by atoms with van der Waals surface area (Å²) < 4.78 is 5.53. The van der Waals surface area contributed by atoms with E-state index in [1.807, 2.05) is 6.07 Å². The second-order valence-electron chi connectivity index (χ2n) is 5.98. The highest BCUT2D eigenvalue weighted by Crippen LogP contribution is 2.47. The third kappa shape index (κ3) is 2.48. The van der Waals surface area contributed by atoms with Crippen molar-refractivity contribution < 1.29 is 4.52 Å². The Morgan fingerprint density at radius 2 is 2.05 bits per heavy atom. The highest BCUT2D eigenvalue weighted by molar-refractivity contribution is 5.35. The minimum atomic E-state index is -0.0472. The molecular weight excluding hydrogens is 262 g/mol. The molecule has 0 spiro atoms. The van der Waals surface area contributed by atoms with Crippen molar-refractivity contribution in [3.05, 3.63) is 47.6 Å². The molecule has 21 heavy (non-hydrogen) atoms. The Hall–Kier alpha value is -1.68. The zero-order valence-corrected chi connectivity index (χ0v) is 12.6. The van der Waals surface area contributed by atoms with Gasteiger partial charge in [0.25, 0.3) is 0 Å². The lowest BCUT2D eigenvalue weighted by Crippen LogP contribution is -2.36. The molecule has 0 amide bonds. The molecule has 1 aliphatic rings. The van der Waals surface area contributed by atoms with Crippen LogP contribution in [0.4, 0.5) is 0 Å². The molecule has 0 bridgehead atoms. The monoisotopic (exact) mass is 285 g/mol. The molecule has 112 valence electrons. The summed E-state index contributed by atoms with van der Waals surface area (Å²) in [7, 11) is 0. The number of nitrogens with zero attached hydrogens (tertiary/aromatic N) is 2. The normalized spacial score (nSPS) is 18.2. The molecule has 4 heteroatoms. The topological polar surface area (TPSA) is 64.9 Å². The van der Waals surface area contributed by atoms with E-state index in [0.717, 1.165) is 31.5 Å². The molecule has 1 aromatic heterocycles. The van der Waals surface area contributed by atoms with Crippen LogP contribution in [0.15, 0.2) is 34.9 Å². The first-order valence-corrected chi connectivity index (χ1v) is 7.90. The summed E-state index contributed by atoms with van der Waals surface area (Å²) in [5, 5.41) is 4.30. The number of nitrogens with two attached hydrogens (primary N) is 1. The van der Waals surface area contributed by atoms with Gasteiger partial charge in [-0.05, 0) is 24.8 Å². The molecule has 0 aliphatic heterocycles. The first-order valence-electron chi connectivity index (χ1n) is 7.90. The molecule has 1 saturated carbocycles. The minimum Gasteiger partial charge on any atom is -0.339 e. The molecule has 1 fully saturated rings. The van der Waals surface area contributed by atoms with E-state index >= 15 is 0 Å². The van der Waals surface area contributed by atoms with Gasteiger partial charge < -0.3 is 10.3 Å². The van der Waals surface area contributed by atoms with Crippen molar-refractivity contribution in [3.63, 3.8) is 0 Å². The number of rotatable bonds is 6. The van der Waals surface area contributed by atoms with Gasteiger partial charge in [-0.2, -0.15) is 4.98 Å². The van der Waals surface area contributed by atoms with E-state index in [2.05, 4.69) is 36.3 Å². The summed E-state index contributed by atoms with van der Waals surface area (Å²) in [6.07, 6.45) is 5.47. The van der Waals surface area contributed by atoms with Crippen molar-refractivity contribution in [1.82, 2.24) is 10.1 Å². The van der Waals surface area contributed by atoms with Crippen LogP contribution < -0.4 is 5.73 Å². The predicted octanol–water partition coefficient (Wildman–Crippen LogP) is 3.38. The fraction of sp³-hybridized carbons (Fsp3) is 0.529. The first kappa shape index (κ1) is 14.3. The van der Waals surface area contributed by atoms with E-state index in [1.165, 1.54) is 12.0 Å². The maximum absolute atomic E-state index is 5.84. The van der Waals surface area contributed by atoms with Gasteiger partial charge in [0.15, 0.2) is 5.82 Å². The lowest BCUT2D eigenvalue weighted by Gasteiger charge is -2.39. The van der Waals surface area contributed by atoms with Crippen molar-refractivity contribution in [1.29, 1.82) is 0 Å². The van der Waals surface area contributed by atoms with Gasteiger partial charge in [0.1, 0.15) is 0 Å². The van der Waals surface area contributed by atoms with E-state index in [9.17, 15) is 0 Å². The third-order valence-electron chi connectivity index (χ3n) is 4.67. The van der Waals surface area contributed by atoms with Crippen molar-refractivity contribution >= 4 is 0 Å². The Balaban J connectivity index is 1.91. The zero-order chi connectivity index (χ0) is 14.7. The summed E-state index contributed by atoms with van der Waals surface area (Å²) in [5.41, 5.74) is 7.09. The largest absolute Gasteiger partial charge is 0.339 e. The molecule has 1 atom stereocenters. The maximum Gasteiger partial charge on any atom is 0.231 e. The second kappa shape index (κ2) is 5.98. The summed E-state index contributed by atoms with van der Waals surface area (Å²) in [4.78, 5) is 4.71. The number of hydrogen-bond donors (Lipinski definition) is 1. The Morgan fingerprint density at radius 1 is 1.29 bits per heavy atom. The molecule has 0 saturated heterocycles. The summed E-state index contributed by atoms with van der Waals surface area (Å²) in [6, 6.07) is 10.5. The standard InChI is InChI=1S/C17H23N3O/c1-2-7-13(12-18)15-19-16(20-21-15)17(10-6-11-17)14-8-4-3-5-9-14/h3-5,8-9,13H,2,6-7,10-12,18H2,1H3. The summed E-state index contributed by atoms with van der Waals surface area (Å²) in [6.45, 7) is 2.71. The second-order valence-corrected chi connectivity index (χ2v) is 5.98. The minimum absolute atomic E-state index is 0.0472. The van der Waals surface area contributed by atoms with Gasteiger partial charge in [0.05, 0.1) is 11.3 Å². The van der Waals surface area contributed by atoms with Gasteiger partial charge in [0.2, 0.25) is 5.89 Å². The van der Waals surface area contributed by atoms with Crippen molar-refractivity contribution in [2.24, 2.45) is 5.73 Å². The Bertz CT molecular complexity index is 575. The van der Waals surface area contributed by atoms with E-state index in [-0.39, 0.29) is 11.3 Å². The molecule has 0 radical (unpaired) electrons. The fourth-order valence-corrected chi connectivity index (χ4v) is 3.21. The number of benzene rings is 1. The molecule has 3 rings (SSSR count). The number of hydrogen-bond acceptors (Lipinski definition) is 4. The lowest BCUT2D eigenvalue weighted by atomic mass is 9.64. The SMILES string of the molecule is CCCC(CN)c1nc(C2(c3ccccc3)CCC2)no1. The molecule has 1 unspecified atom stereocenters. The van der Waals surface area contributed by atoms with Gasteiger partial charge in [-0.25, -0.2) is 0 Å². The van der Waals surface area contributed by atoms with Crippen LogP contribution in [-0.2, 0) is 5.41 Å². The Morgan fingerprint density at radius 3 is 2.62 bits per heavy atom. The van der Waals surface area contributed by atoms with Gasteiger partial charge in [-0.3, -0.25) is 0 Å². The van der Waals surface area contributed by atoms with Crippen LogP contribution >= 0.6 is 0 Å². The van der Waals surface area contributed by atoms with Gasteiger partial charge in [-0.1, -0.05) is 55.3 Å². The van der Waals surface area contributed by atoms with Crippen LogP contribution in [0.1, 0.15) is 62.2 Å². The Labute approximate surface area is 125 Å². The average Bonchev–Trinajstić information content (AvgIpc) is 2.94. The summed E-state index contributed by atoms with van der Waals surface area (Å²) >= 11 is 0. The zero-order valence-electron chi connectivity index (χ0n) is 12.6. The fourth-order valence-electron chi connectivity index (χ4n) is 3.21. The highest BCUT2D eigenvalue weighted by atomic mass is 16.5. The van der Waals surface area contributed by atoms with E-state index in [1.54, 1.807) is 0 Å². The quantitative estimate of drug-likeness (QED) is 0.883. The van der Waals surface area contributed by atoms with E-state index in [0.29, 0.717) is 12.4 Å². The van der Waals surface area contributed by atoms with Gasteiger partial charge in [0, 0.05) is 6.54 Å². The first-order chi connectivity index (χ1) is 10.3. The summed E-state index contributed by atoms with van der Waals surface area (Å²) in [5.74, 6) is 1.73. The van der Waals surface area contributed by atoms with E-state index in [4.69, 9.17) is 15.2 Å². The smallest absolute Gasteiger partial charge is 0.231 e. The predicted molar refractivity (Wildman–Crippen MR) is 82.1 cm³/mol.